The first-order valence-electron chi connectivity index (χ1n) is 10.4. The lowest BCUT2D eigenvalue weighted by Gasteiger charge is -2.15. The zero-order valence-corrected chi connectivity index (χ0v) is 18.1. The maximum atomic E-state index is 12.7. The summed E-state index contributed by atoms with van der Waals surface area (Å²) in [4.78, 5) is 17.2. The smallest absolute Gasteiger partial charge is 0.274 e. The molecule has 168 valence electrons. The van der Waals surface area contributed by atoms with E-state index in [2.05, 4.69) is 15.5 Å². The fourth-order valence-corrected chi connectivity index (χ4v) is 3.64. The van der Waals surface area contributed by atoms with Crippen LogP contribution < -0.4 is 19.5 Å². The third kappa shape index (κ3) is 4.25. The number of carbonyl (C=O) groups excluding carboxylic acids is 1. The second kappa shape index (κ2) is 8.70. The Morgan fingerprint density at radius 3 is 2.79 bits per heavy atom. The van der Waals surface area contributed by atoms with Crippen molar-refractivity contribution in [2.24, 2.45) is 0 Å². The maximum absolute atomic E-state index is 12.7. The molecule has 9 nitrogen and oxygen atoms in total. The molecule has 33 heavy (non-hydrogen) atoms. The number of hydrogen-bond donors (Lipinski definition) is 1. The third-order valence-corrected chi connectivity index (χ3v) is 5.41. The second-order valence-corrected chi connectivity index (χ2v) is 7.57. The highest BCUT2D eigenvalue weighted by Crippen LogP contribution is 2.35. The van der Waals surface area contributed by atoms with Crippen LogP contribution in [0.4, 0.5) is 0 Å². The largest absolute Gasteiger partial charge is 0.497 e. The van der Waals surface area contributed by atoms with Crippen LogP contribution in [0.15, 0.2) is 65.3 Å². The summed E-state index contributed by atoms with van der Waals surface area (Å²) in [6.45, 7) is 2.25. The van der Waals surface area contributed by atoms with Crippen molar-refractivity contribution in [3.05, 3.63) is 66.4 Å². The van der Waals surface area contributed by atoms with Gasteiger partial charge in [-0.3, -0.25) is 4.79 Å². The predicted octanol–water partition coefficient (Wildman–Crippen LogP) is 3.82. The molecule has 9 heteroatoms. The van der Waals surface area contributed by atoms with Crippen molar-refractivity contribution in [1.29, 1.82) is 0 Å². The van der Waals surface area contributed by atoms with Crippen LogP contribution in [0, 0.1) is 0 Å². The number of rotatable bonds is 7. The highest BCUT2D eigenvalue weighted by Gasteiger charge is 2.19. The molecule has 0 bridgehead atoms. The molecule has 0 saturated heterocycles. The van der Waals surface area contributed by atoms with Gasteiger partial charge < -0.3 is 28.6 Å². The van der Waals surface area contributed by atoms with Crippen molar-refractivity contribution in [3.63, 3.8) is 0 Å². The van der Waals surface area contributed by atoms with Gasteiger partial charge in [-0.2, -0.15) is 4.98 Å². The lowest BCUT2D eigenvalue weighted by molar-refractivity contribution is -0.122. The van der Waals surface area contributed by atoms with Crippen molar-refractivity contribution in [3.8, 4) is 40.2 Å². The van der Waals surface area contributed by atoms with Crippen LogP contribution in [0.5, 0.6) is 17.2 Å². The summed E-state index contributed by atoms with van der Waals surface area (Å²) >= 11 is 0. The third-order valence-electron chi connectivity index (χ3n) is 5.41. The number of aromatic nitrogens is 3. The minimum absolute atomic E-state index is 0.116. The molecule has 1 N–H and O–H groups in total. The van der Waals surface area contributed by atoms with E-state index >= 15 is 0 Å². The fraction of sp³-hybridized carbons (Fsp3) is 0.208. The molecule has 5 rings (SSSR count). The van der Waals surface area contributed by atoms with Gasteiger partial charge in [-0.1, -0.05) is 17.3 Å². The van der Waals surface area contributed by atoms with Crippen molar-refractivity contribution >= 4 is 5.91 Å². The van der Waals surface area contributed by atoms with E-state index in [1.165, 1.54) is 0 Å². The zero-order chi connectivity index (χ0) is 22.8. The normalized spacial score (nSPS) is 13.0. The molecular formula is C24H22N4O5. The molecule has 0 radical (unpaired) electrons. The Labute approximate surface area is 189 Å². The van der Waals surface area contributed by atoms with E-state index < -0.39 is 0 Å². The van der Waals surface area contributed by atoms with Gasteiger partial charge in [0.2, 0.25) is 18.5 Å². The van der Waals surface area contributed by atoms with E-state index in [4.69, 9.17) is 18.7 Å². The number of nitrogens with zero attached hydrogens (tertiary/aromatic N) is 3. The maximum Gasteiger partial charge on any atom is 0.274 e. The fourth-order valence-electron chi connectivity index (χ4n) is 3.64. The van der Waals surface area contributed by atoms with E-state index in [-0.39, 0.29) is 25.3 Å². The number of hydrogen-bond acceptors (Lipinski definition) is 7. The summed E-state index contributed by atoms with van der Waals surface area (Å²) in [5.74, 6) is 2.72. The van der Waals surface area contributed by atoms with Gasteiger partial charge >= 0.3 is 0 Å². The Hall–Kier alpha value is -4.27. The Morgan fingerprint density at radius 1 is 1.15 bits per heavy atom. The molecule has 1 aliphatic heterocycles. The van der Waals surface area contributed by atoms with E-state index in [0.29, 0.717) is 28.9 Å². The van der Waals surface area contributed by atoms with Crippen molar-refractivity contribution in [2.75, 3.05) is 13.9 Å². The molecule has 0 fully saturated rings. The quantitative estimate of drug-likeness (QED) is 0.461. The average Bonchev–Trinajstić information content (AvgIpc) is 3.58. The van der Waals surface area contributed by atoms with Gasteiger partial charge in [0.05, 0.1) is 13.2 Å². The SMILES string of the molecule is COc1ccc([C@@H](C)NC(=O)Cn2cccc2-c2nc(-c3ccc4c(c3)OCO4)no2)cc1. The van der Waals surface area contributed by atoms with Crippen LogP contribution >= 0.6 is 0 Å². The average molecular weight is 446 g/mol. The highest BCUT2D eigenvalue weighted by molar-refractivity contribution is 5.77. The van der Waals surface area contributed by atoms with Gasteiger partial charge in [0.1, 0.15) is 18.0 Å². The molecular weight excluding hydrogens is 424 g/mol. The number of nitrogens with one attached hydrogen (secondary N) is 1. The molecule has 1 amide bonds. The van der Waals surface area contributed by atoms with Crippen molar-refractivity contribution in [1.82, 2.24) is 20.0 Å². The first-order chi connectivity index (χ1) is 16.1. The predicted molar refractivity (Wildman–Crippen MR) is 119 cm³/mol. The minimum Gasteiger partial charge on any atom is -0.497 e. The number of methoxy groups -OCH3 is 1. The molecule has 0 aliphatic carbocycles. The van der Waals surface area contributed by atoms with Crippen LogP contribution in [-0.2, 0) is 11.3 Å². The van der Waals surface area contributed by atoms with Gasteiger partial charge in [0, 0.05) is 11.8 Å². The van der Waals surface area contributed by atoms with Crippen LogP contribution in [0.3, 0.4) is 0 Å². The van der Waals surface area contributed by atoms with E-state index in [1.54, 1.807) is 17.9 Å². The summed E-state index contributed by atoms with van der Waals surface area (Å²) in [7, 11) is 1.62. The molecule has 2 aromatic heterocycles. The summed E-state index contributed by atoms with van der Waals surface area (Å²) < 4.78 is 23.2. The minimum atomic E-state index is -0.150. The Morgan fingerprint density at radius 2 is 1.97 bits per heavy atom. The zero-order valence-electron chi connectivity index (χ0n) is 18.1. The van der Waals surface area contributed by atoms with Crippen molar-refractivity contribution in [2.45, 2.75) is 19.5 Å². The first-order valence-corrected chi connectivity index (χ1v) is 10.4. The van der Waals surface area contributed by atoms with Crippen molar-refractivity contribution < 1.29 is 23.5 Å². The van der Waals surface area contributed by atoms with E-state index in [9.17, 15) is 4.79 Å². The highest BCUT2D eigenvalue weighted by atomic mass is 16.7. The summed E-state index contributed by atoms with van der Waals surface area (Å²) in [6.07, 6.45) is 1.80. The molecule has 1 aliphatic rings. The molecule has 2 aromatic carbocycles. The van der Waals surface area contributed by atoms with Gasteiger partial charge in [-0.15, -0.1) is 0 Å². The number of ether oxygens (including phenoxy) is 3. The summed E-state index contributed by atoms with van der Waals surface area (Å²) in [5.41, 5.74) is 2.39. The van der Waals surface area contributed by atoms with Gasteiger partial charge in [-0.05, 0) is 55.0 Å². The topological polar surface area (TPSA) is 101 Å². The van der Waals surface area contributed by atoms with E-state index in [0.717, 1.165) is 16.9 Å². The standard InChI is InChI=1S/C24H22N4O5/c1-15(16-5-8-18(30-2)9-6-16)25-22(29)13-28-11-3-4-19(28)24-26-23(27-33-24)17-7-10-20-21(12-17)32-14-31-20/h3-12,15H,13-14H2,1-2H3,(H,25,29)/t15-/m1/s1. The number of fused-ring (bicyclic) bond motifs is 1. The molecule has 0 spiro atoms. The second-order valence-electron chi connectivity index (χ2n) is 7.57. The lowest BCUT2D eigenvalue weighted by atomic mass is 10.1. The molecule has 0 saturated carbocycles. The lowest BCUT2D eigenvalue weighted by Crippen LogP contribution is -2.30. The molecule has 3 heterocycles. The van der Waals surface area contributed by atoms with Crippen LogP contribution in [0.2, 0.25) is 0 Å². The molecule has 0 unspecified atom stereocenters. The molecule has 4 aromatic rings. The van der Waals surface area contributed by atoms with Crippen LogP contribution in [0.25, 0.3) is 23.0 Å². The van der Waals surface area contributed by atoms with Gasteiger partial charge in [-0.25, -0.2) is 0 Å². The summed E-state index contributed by atoms with van der Waals surface area (Å²) in [6, 6.07) is 16.6. The summed E-state index contributed by atoms with van der Waals surface area (Å²) in [5, 5.41) is 7.10. The van der Waals surface area contributed by atoms with E-state index in [1.807, 2.05) is 61.5 Å². The molecule has 1 atom stereocenters. The van der Waals surface area contributed by atoms with Crippen LogP contribution in [-0.4, -0.2) is 34.5 Å². The monoisotopic (exact) mass is 446 g/mol. The van der Waals surface area contributed by atoms with Crippen LogP contribution in [0.1, 0.15) is 18.5 Å². The Balaban J connectivity index is 1.28. The number of benzene rings is 2. The Kier molecular flexibility index (Phi) is 5.43. The number of amides is 1. The number of carbonyl (C=O) groups is 1. The Bertz CT molecular complexity index is 1280. The van der Waals surface area contributed by atoms with Gasteiger partial charge in [0.25, 0.3) is 5.89 Å². The first kappa shape index (κ1) is 20.6. The van der Waals surface area contributed by atoms with Gasteiger partial charge in [0.15, 0.2) is 11.5 Å².